The summed E-state index contributed by atoms with van der Waals surface area (Å²) < 4.78 is 35.7. The number of carbonyl (C=O) groups excluding carboxylic acids is 1. The molecule has 2 atom stereocenters. The van der Waals surface area contributed by atoms with Crippen LogP contribution in [-0.4, -0.2) is 37.9 Å². The van der Waals surface area contributed by atoms with Crippen molar-refractivity contribution in [3.8, 4) is 0 Å². The summed E-state index contributed by atoms with van der Waals surface area (Å²) in [6, 6.07) is 3.14. The molecule has 1 aromatic carbocycles. The molecule has 0 radical (unpaired) electrons. The number of nitrogens with one attached hydrogen (secondary N) is 2. The summed E-state index contributed by atoms with van der Waals surface area (Å²) in [4.78, 5) is 12.0. The lowest BCUT2D eigenvalue weighted by molar-refractivity contribution is -0.122. The van der Waals surface area contributed by atoms with Crippen LogP contribution in [0, 0.1) is 5.82 Å². The van der Waals surface area contributed by atoms with E-state index in [0.717, 1.165) is 0 Å². The van der Waals surface area contributed by atoms with E-state index in [9.17, 15) is 17.6 Å². The predicted octanol–water partition coefficient (Wildman–Crippen LogP) is 1.58. The predicted molar refractivity (Wildman–Crippen MR) is 79.7 cm³/mol. The second-order valence-electron chi connectivity index (χ2n) is 5.10. The number of anilines is 1. The summed E-state index contributed by atoms with van der Waals surface area (Å²) in [6.45, 7) is 1.63. The van der Waals surface area contributed by atoms with Crippen LogP contribution >= 0.6 is 11.6 Å². The minimum absolute atomic E-state index is 0.0200. The Labute approximate surface area is 127 Å². The first-order valence-electron chi connectivity index (χ1n) is 6.49. The summed E-state index contributed by atoms with van der Waals surface area (Å²) >= 11 is 5.66. The van der Waals surface area contributed by atoms with Crippen molar-refractivity contribution in [1.82, 2.24) is 5.32 Å². The third-order valence-electron chi connectivity index (χ3n) is 3.27. The van der Waals surface area contributed by atoms with Crippen LogP contribution in [0.1, 0.15) is 13.3 Å². The molecule has 2 rings (SSSR count). The molecule has 21 heavy (non-hydrogen) atoms. The zero-order valence-corrected chi connectivity index (χ0v) is 13.0. The molecular weight excluding hydrogens is 319 g/mol. The molecule has 0 bridgehead atoms. The van der Waals surface area contributed by atoms with Crippen molar-refractivity contribution in [3.63, 3.8) is 0 Å². The maximum Gasteiger partial charge on any atom is 0.242 e. The van der Waals surface area contributed by atoms with Gasteiger partial charge in [0.15, 0.2) is 9.84 Å². The van der Waals surface area contributed by atoms with Crippen LogP contribution in [-0.2, 0) is 14.6 Å². The molecule has 5 nitrogen and oxygen atoms in total. The van der Waals surface area contributed by atoms with E-state index >= 15 is 0 Å². The van der Waals surface area contributed by atoms with E-state index in [-0.39, 0.29) is 28.5 Å². The zero-order chi connectivity index (χ0) is 15.6. The van der Waals surface area contributed by atoms with Gasteiger partial charge in [-0.1, -0.05) is 11.6 Å². The summed E-state index contributed by atoms with van der Waals surface area (Å²) in [6.07, 6.45) is 0.434. The van der Waals surface area contributed by atoms with E-state index in [2.05, 4.69) is 10.6 Å². The molecule has 2 N–H and O–H groups in total. The summed E-state index contributed by atoms with van der Waals surface area (Å²) in [5.74, 6) is -0.755. The van der Waals surface area contributed by atoms with E-state index in [1.54, 1.807) is 6.92 Å². The molecule has 0 aliphatic carbocycles. The lowest BCUT2D eigenvalue weighted by Gasteiger charge is -2.18. The number of hydrogen-bond acceptors (Lipinski definition) is 4. The second-order valence-corrected chi connectivity index (χ2v) is 7.74. The van der Waals surface area contributed by atoms with Crippen LogP contribution in [0.4, 0.5) is 10.1 Å². The maximum atomic E-state index is 13.0. The average Bonchev–Trinajstić information content (AvgIpc) is 2.73. The van der Waals surface area contributed by atoms with Crippen LogP contribution in [0.15, 0.2) is 18.2 Å². The van der Waals surface area contributed by atoms with Crippen LogP contribution in [0.2, 0.25) is 5.02 Å². The van der Waals surface area contributed by atoms with Crippen molar-refractivity contribution in [3.05, 3.63) is 29.0 Å². The van der Waals surface area contributed by atoms with Crippen molar-refractivity contribution in [1.29, 1.82) is 0 Å². The lowest BCUT2D eigenvalue weighted by Crippen LogP contribution is -2.43. The number of rotatable bonds is 4. The van der Waals surface area contributed by atoms with Gasteiger partial charge in [-0.25, -0.2) is 12.8 Å². The molecule has 1 fully saturated rings. The smallest absolute Gasteiger partial charge is 0.242 e. The summed E-state index contributed by atoms with van der Waals surface area (Å²) in [5, 5.41) is 5.55. The normalized spacial score (nSPS) is 21.8. The molecule has 0 saturated carbocycles. The van der Waals surface area contributed by atoms with E-state index in [4.69, 9.17) is 11.6 Å². The standard InChI is InChI=1S/C13H16ClFN2O3S/c1-8(16-9-2-3-12(15)11(14)6-9)13(18)17-10-4-5-21(19,20)7-10/h2-3,6,8,10,16H,4-5,7H2,1H3,(H,17,18)/t8-,10+/m0/s1. The highest BCUT2D eigenvalue weighted by molar-refractivity contribution is 7.91. The number of hydrogen-bond donors (Lipinski definition) is 2. The first-order valence-corrected chi connectivity index (χ1v) is 8.69. The minimum Gasteiger partial charge on any atom is -0.374 e. The quantitative estimate of drug-likeness (QED) is 0.876. The molecule has 116 valence electrons. The first-order chi connectivity index (χ1) is 9.77. The van der Waals surface area contributed by atoms with Crippen molar-refractivity contribution in [2.75, 3.05) is 16.8 Å². The Kier molecular flexibility index (Phi) is 4.73. The first kappa shape index (κ1) is 16.0. The fourth-order valence-electron chi connectivity index (χ4n) is 2.14. The summed E-state index contributed by atoms with van der Waals surface area (Å²) in [7, 11) is -3.03. The van der Waals surface area contributed by atoms with Crippen molar-refractivity contribution >= 4 is 33.0 Å². The minimum atomic E-state index is -3.03. The molecular formula is C13H16ClFN2O3S. The third-order valence-corrected chi connectivity index (χ3v) is 5.33. The Hall–Kier alpha value is -1.34. The van der Waals surface area contributed by atoms with Gasteiger partial charge in [-0.3, -0.25) is 4.79 Å². The van der Waals surface area contributed by atoms with Gasteiger partial charge in [-0.05, 0) is 31.5 Å². The molecule has 0 unspecified atom stereocenters. The molecule has 1 aliphatic heterocycles. The highest BCUT2D eigenvalue weighted by atomic mass is 35.5. The van der Waals surface area contributed by atoms with Crippen molar-refractivity contribution in [2.45, 2.75) is 25.4 Å². The average molecular weight is 335 g/mol. The van der Waals surface area contributed by atoms with Gasteiger partial charge in [-0.15, -0.1) is 0 Å². The number of benzene rings is 1. The van der Waals surface area contributed by atoms with Gasteiger partial charge in [0.1, 0.15) is 11.9 Å². The SMILES string of the molecule is C[C@H](Nc1ccc(F)c(Cl)c1)C(=O)N[C@@H]1CCS(=O)(=O)C1. The number of amides is 1. The molecule has 1 saturated heterocycles. The van der Waals surface area contributed by atoms with E-state index in [0.29, 0.717) is 12.1 Å². The number of sulfone groups is 1. The molecule has 1 amide bonds. The van der Waals surface area contributed by atoms with Gasteiger partial charge in [0.2, 0.25) is 5.91 Å². The highest BCUT2D eigenvalue weighted by Gasteiger charge is 2.29. The zero-order valence-electron chi connectivity index (χ0n) is 11.4. The molecule has 8 heteroatoms. The number of halogens is 2. The Balaban J connectivity index is 1.92. The maximum absolute atomic E-state index is 13.0. The Bertz CT molecular complexity index is 651. The molecule has 1 aromatic rings. The van der Waals surface area contributed by atoms with Gasteiger partial charge >= 0.3 is 0 Å². The van der Waals surface area contributed by atoms with E-state index in [1.165, 1.54) is 18.2 Å². The molecule has 1 aliphatic rings. The second kappa shape index (κ2) is 6.19. The van der Waals surface area contributed by atoms with E-state index < -0.39 is 21.7 Å². The van der Waals surface area contributed by atoms with Crippen LogP contribution in [0.25, 0.3) is 0 Å². The summed E-state index contributed by atoms with van der Waals surface area (Å²) in [5.41, 5.74) is 0.517. The van der Waals surface area contributed by atoms with E-state index in [1.807, 2.05) is 0 Å². The van der Waals surface area contributed by atoms with Crippen molar-refractivity contribution < 1.29 is 17.6 Å². The largest absolute Gasteiger partial charge is 0.374 e. The van der Waals surface area contributed by atoms with Crippen LogP contribution in [0.5, 0.6) is 0 Å². The van der Waals surface area contributed by atoms with Gasteiger partial charge in [0.25, 0.3) is 0 Å². The monoisotopic (exact) mass is 334 g/mol. The number of carbonyl (C=O) groups is 1. The van der Waals surface area contributed by atoms with Gasteiger partial charge < -0.3 is 10.6 Å². The van der Waals surface area contributed by atoms with Gasteiger partial charge in [-0.2, -0.15) is 0 Å². The molecule has 0 aromatic heterocycles. The highest BCUT2D eigenvalue weighted by Crippen LogP contribution is 2.20. The Morgan fingerprint density at radius 3 is 2.76 bits per heavy atom. The Morgan fingerprint density at radius 1 is 1.48 bits per heavy atom. The lowest BCUT2D eigenvalue weighted by atomic mass is 10.2. The van der Waals surface area contributed by atoms with Gasteiger partial charge in [0, 0.05) is 11.7 Å². The van der Waals surface area contributed by atoms with Crippen LogP contribution in [0.3, 0.4) is 0 Å². The van der Waals surface area contributed by atoms with Gasteiger partial charge in [0.05, 0.1) is 16.5 Å². The molecule has 1 heterocycles. The fourth-order valence-corrected chi connectivity index (χ4v) is 3.99. The fraction of sp³-hybridized carbons (Fsp3) is 0.462. The topological polar surface area (TPSA) is 75.3 Å². The third kappa shape index (κ3) is 4.31. The van der Waals surface area contributed by atoms with Crippen LogP contribution < -0.4 is 10.6 Å². The van der Waals surface area contributed by atoms with Crippen molar-refractivity contribution in [2.24, 2.45) is 0 Å². The Morgan fingerprint density at radius 2 is 2.19 bits per heavy atom. The molecule has 0 spiro atoms.